The van der Waals surface area contributed by atoms with E-state index in [1.54, 1.807) is 7.11 Å². The maximum absolute atomic E-state index is 10.6. The van der Waals surface area contributed by atoms with Crippen LogP contribution in [0.15, 0.2) is 18.2 Å². The number of ether oxygens (including phenoxy) is 2. The minimum Gasteiger partial charge on any atom is -0.390 e. The van der Waals surface area contributed by atoms with Crippen molar-refractivity contribution < 1.29 is 14.6 Å². The Bertz CT molecular complexity index is 422. The molecular formula is C16H24O3. The van der Waals surface area contributed by atoms with Crippen LogP contribution in [0.5, 0.6) is 0 Å². The van der Waals surface area contributed by atoms with E-state index in [1.165, 1.54) is 16.7 Å². The van der Waals surface area contributed by atoms with Crippen molar-refractivity contribution in [2.45, 2.75) is 44.8 Å². The number of hydrogen-bond acceptors (Lipinski definition) is 3. The topological polar surface area (TPSA) is 38.7 Å². The fourth-order valence-corrected chi connectivity index (χ4v) is 2.80. The highest BCUT2D eigenvalue weighted by Crippen LogP contribution is 2.30. The molecule has 1 aromatic rings. The minimum absolute atomic E-state index is 0.450. The molecule has 1 atom stereocenters. The molecule has 1 unspecified atom stereocenters. The molecule has 1 aliphatic heterocycles. The first kappa shape index (κ1) is 14.5. The molecule has 0 aromatic heterocycles. The molecule has 0 amide bonds. The highest BCUT2D eigenvalue weighted by molar-refractivity contribution is 5.31. The SMILES string of the molecule is COC1(C(O)Cc2cc(C)ccc2C)CCOCC1. The van der Waals surface area contributed by atoms with Crippen LogP contribution in [-0.2, 0) is 15.9 Å². The zero-order valence-corrected chi connectivity index (χ0v) is 12.1. The molecule has 1 aliphatic rings. The normalized spacial score (nSPS) is 20.2. The molecule has 3 heteroatoms. The van der Waals surface area contributed by atoms with Crippen LogP contribution in [0, 0.1) is 13.8 Å². The number of benzene rings is 1. The van der Waals surface area contributed by atoms with Crippen molar-refractivity contribution in [3.8, 4) is 0 Å². The molecule has 3 nitrogen and oxygen atoms in total. The van der Waals surface area contributed by atoms with E-state index in [9.17, 15) is 5.11 Å². The van der Waals surface area contributed by atoms with Crippen LogP contribution in [0.4, 0.5) is 0 Å². The number of aryl methyl sites for hydroxylation is 2. The fraction of sp³-hybridized carbons (Fsp3) is 0.625. The molecule has 1 heterocycles. The van der Waals surface area contributed by atoms with Gasteiger partial charge in [0.2, 0.25) is 0 Å². The first-order valence-electron chi connectivity index (χ1n) is 6.94. The highest BCUT2D eigenvalue weighted by atomic mass is 16.5. The minimum atomic E-state index is -0.484. The number of rotatable bonds is 4. The zero-order chi connectivity index (χ0) is 13.9. The second kappa shape index (κ2) is 6.04. The standard InChI is InChI=1S/C16H24O3/c1-12-4-5-13(2)14(10-12)11-15(17)16(18-3)6-8-19-9-7-16/h4-5,10,15,17H,6-9,11H2,1-3H3. The van der Waals surface area contributed by atoms with Crippen molar-refractivity contribution >= 4 is 0 Å². The third-order valence-corrected chi connectivity index (χ3v) is 4.27. The Morgan fingerprint density at radius 1 is 1.32 bits per heavy atom. The number of hydrogen-bond donors (Lipinski definition) is 1. The van der Waals surface area contributed by atoms with E-state index in [0.29, 0.717) is 19.6 Å². The maximum Gasteiger partial charge on any atom is 0.0983 e. The molecule has 106 valence electrons. The van der Waals surface area contributed by atoms with E-state index in [1.807, 2.05) is 0 Å². The molecule has 19 heavy (non-hydrogen) atoms. The van der Waals surface area contributed by atoms with Gasteiger partial charge in [-0.25, -0.2) is 0 Å². The lowest BCUT2D eigenvalue weighted by Crippen LogP contribution is -2.49. The van der Waals surface area contributed by atoms with Crippen molar-refractivity contribution in [2.24, 2.45) is 0 Å². The van der Waals surface area contributed by atoms with Gasteiger partial charge in [-0.05, 0) is 25.0 Å². The summed E-state index contributed by atoms with van der Waals surface area (Å²) in [6, 6.07) is 6.37. The molecule has 1 saturated heterocycles. The van der Waals surface area contributed by atoms with Crippen LogP contribution in [-0.4, -0.2) is 37.1 Å². The van der Waals surface area contributed by atoms with Crippen molar-refractivity contribution in [1.29, 1.82) is 0 Å². The monoisotopic (exact) mass is 264 g/mol. The maximum atomic E-state index is 10.6. The number of aliphatic hydroxyl groups is 1. The van der Waals surface area contributed by atoms with Gasteiger partial charge >= 0.3 is 0 Å². The lowest BCUT2D eigenvalue weighted by molar-refractivity contribution is -0.151. The molecule has 0 aliphatic carbocycles. The summed E-state index contributed by atoms with van der Waals surface area (Å²) in [6.45, 7) is 5.50. The van der Waals surface area contributed by atoms with E-state index in [4.69, 9.17) is 9.47 Å². The second-order valence-corrected chi connectivity index (χ2v) is 5.53. The quantitative estimate of drug-likeness (QED) is 0.907. The Morgan fingerprint density at radius 3 is 2.63 bits per heavy atom. The lowest BCUT2D eigenvalue weighted by atomic mass is 9.84. The van der Waals surface area contributed by atoms with Crippen molar-refractivity contribution in [2.75, 3.05) is 20.3 Å². The van der Waals surface area contributed by atoms with Crippen LogP contribution >= 0.6 is 0 Å². The van der Waals surface area contributed by atoms with Gasteiger partial charge in [-0.1, -0.05) is 23.8 Å². The van der Waals surface area contributed by atoms with E-state index in [-0.39, 0.29) is 0 Å². The highest BCUT2D eigenvalue weighted by Gasteiger charge is 2.39. The zero-order valence-electron chi connectivity index (χ0n) is 12.1. The number of aliphatic hydroxyl groups excluding tert-OH is 1. The van der Waals surface area contributed by atoms with Crippen LogP contribution in [0.3, 0.4) is 0 Å². The van der Waals surface area contributed by atoms with Gasteiger partial charge in [-0.3, -0.25) is 0 Å². The summed E-state index contributed by atoms with van der Waals surface area (Å²) in [6.07, 6.45) is 1.67. The van der Waals surface area contributed by atoms with Gasteiger partial charge in [-0.15, -0.1) is 0 Å². The van der Waals surface area contributed by atoms with E-state index in [2.05, 4.69) is 32.0 Å². The Labute approximate surface area is 115 Å². The molecule has 0 radical (unpaired) electrons. The van der Waals surface area contributed by atoms with Gasteiger partial charge < -0.3 is 14.6 Å². The summed E-state index contributed by atoms with van der Waals surface area (Å²) in [7, 11) is 1.69. The van der Waals surface area contributed by atoms with Crippen LogP contribution in [0.25, 0.3) is 0 Å². The molecule has 1 fully saturated rings. The van der Waals surface area contributed by atoms with Gasteiger partial charge in [-0.2, -0.15) is 0 Å². The van der Waals surface area contributed by atoms with Gasteiger partial charge in [0, 0.05) is 39.6 Å². The molecule has 0 bridgehead atoms. The summed E-state index contributed by atoms with van der Waals surface area (Å²) in [4.78, 5) is 0. The first-order chi connectivity index (χ1) is 9.07. The second-order valence-electron chi connectivity index (χ2n) is 5.53. The molecule has 2 rings (SSSR count). The smallest absolute Gasteiger partial charge is 0.0983 e. The molecular weight excluding hydrogens is 240 g/mol. The molecule has 1 aromatic carbocycles. The van der Waals surface area contributed by atoms with Gasteiger partial charge in [0.1, 0.15) is 0 Å². The summed E-state index contributed by atoms with van der Waals surface area (Å²) >= 11 is 0. The van der Waals surface area contributed by atoms with Crippen molar-refractivity contribution in [3.05, 3.63) is 34.9 Å². The average Bonchev–Trinajstić information content (AvgIpc) is 2.43. The lowest BCUT2D eigenvalue weighted by Gasteiger charge is -2.40. The fourth-order valence-electron chi connectivity index (χ4n) is 2.80. The Morgan fingerprint density at radius 2 is 2.00 bits per heavy atom. The van der Waals surface area contributed by atoms with Gasteiger partial charge in [0.05, 0.1) is 11.7 Å². The third kappa shape index (κ3) is 3.16. The Kier molecular flexibility index (Phi) is 4.61. The van der Waals surface area contributed by atoms with Crippen LogP contribution < -0.4 is 0 Å². The predicted molar refractivity (Wildman–Crippen MR) is 75.4 cm³/mol. The van der Waals surface area contributed by atoms with Crippen LogP contribution in [0.2, 0.25) is 0 Å². The third-order valence-electron chi connectivity index (χ3n) is 4.27. The van der Waals surface area contributed by atoms with Crippen LogP contribution in [0.1, 0.15) is 29.5 Å². The molecule has 1 N–H and O–H groups in total. The Balaban J connectivity index is 2.14. The summed E-state index contributed by atoms with van der Waals surface area (Å²) in [5, 5.41) is 10.6. The Hall–Kier alpha value is -0.900. The summed E-state index contributed by atoms with van der Waals surface area (Å²) in [5.41, 5.74) is 3.21. The van der Waals surface area contributed by atoms with E-state index < -0.39 is 11.7 Å². The number of methoxy groups -OCH3 is 1. The molecule has 0 spiro atoms. The van der Waals surface area contributed by atoms with Gasteiger partial charge in [0.25, 0.3) is 0 Å². The summed E-state index contributed by atoms with van der Waals surface area (Å²) in [5.74, 6) is 0. The van der Waals surface area contributed by atoms with E-state index in [0.717, 1.165) is 12.8 Å². The predicted octanol–water partition coefficient (Wildman–Crippen LogP) is 2.40. The van der Waals surface area contributed by atoms with Crippen molar-refractivity contribution in [1.82, 2.24) is 0 Å². The molecule has 0 saturated carbocycles. The largest absolute Gasteiger partial charge is 0.390 e. The first-order valence-corrected chi connectivity index (χ1v) is 6.94. The van der Waals surface area contributed by atoms with Gasteiger partial charge in [0.15, 0.2) is 0 Å². The average molecular weight is 264 g/mol. The van der Waals surface area contributed by atoms with Crippen molar-refractivity contribution in [3.63, 3.8) is 0 Å². The van der Waals surface area contributed by atoms with E-state index >= 15 is 0 Å². The summed E-state index contributed by atoms with van der Waals surface area (Å²) < 4.78 is 11.0.